The third-order valence-corrected chi connectivity index (χ3v) is 5.53. The van der Waals surface area contributed by atoms with E-state index in [1.54, 1.807) is 47.6 Å². The van der Waals surface area contributed by atoms with Crippen LogP contribution in [0.15, 0.2) is 60.9 Å². The van der Waals surface area contributed by atoms with Gasteiger partial charge in [0.15, 0.2) is 5.82 Å². The lowest BCUT2D eigenvalue weighted by atomic mass is 9.94. The zero-order chi connectivity index (χ0) is 21.6. The number of urea groups is 1. The quantitative estimate of drug-likeness (QED) is 0.629. The smallest absolute Gasteiger partial charge is 0.327 e. The van der Waals surface area contributed by atoms with Gasteiger partial charge in [-0.1, -0.05) is 37.5 Å². The van der Waals surface area contributed by atoms with Gasteiger partial charge in [0.05, 0.1) is 34.9 Å². The van der Waals surface area contributed by atoms with Gasteiger partial charge in [0.1, 0.15) is 0 Å². The number of nitrogens with two attached hydrogens (primary N) is 1. The van der Waals surface area contributed by atoms with Crippen LogP contribution in [0.4, 0.5) is 22.0 Å². The minimum Gasteiger partial charge on any atom is -0.396 e. The lowest BCUT2D eigenvalue weighted by Gasteiger charge is -2.34. The number of nitrogens with zero attached hydrogens (tertiary/aromatic N) is 4. The lowest BCUT2D eigenvalue weighted by molar-refractivity contribution is 0.252. The number of nitriles is 1. The van der Waals surface area contributed by atoms with E-state index >= 15 is 0 Å². The van der Waals surface area contributed by atoms with Crippen molar-refractivity contribution in [2.24, 2.45) is 0 Å². The van der Waals surface area contributed by atoms with Gasteiger partial charge in [-0.2, -0.15) is 5.26 Å². The van der Waals surface area contributed by atoms with Crippen LogP contribution in [0.5, 0.6) is 0 Å². The number of aromatic nitrogens is 2. The summed E-state index contributed by atoms with van der Waals surface area (Å²) in [6.07, 6.45) is 8.31. The van der Waals surface area contributed by atoms with Crippen LogP contribution >= 0.6 is 0 Å². The number of anilines is 3. The minimum absolute atomic E-state index is 0.00156. The summed E-state index contributed by atoms with van der Waals surface area (Å²) in [5, 5.41) is 12.4. The highest BCUT2D eigenvalue weighted by molar-refractivity contribution is 6.03. The normalized spacial score (nSPS) is 13.9. The van der Waals surface area contributed by atoms with Gasteiger partial charge in [-0.15, -0.1) is 0 Å². The Morgan fingerprint density at radius 3 is 2.65 bits per heavy atom. The van der Waals surface area contributed by atoms with Gasteiger partial charge < -0.3 is 11.1 Å². The van der Waals surface area contributed by atoms with Crippen molar-refractivity contribution in [3.8, 4) is 17.3 Å². The Kier molecular flexibility index (Phi) is 6.08. The molecule has 31 heavy (non-hydrogen) atoms. The molecule has 2 amide bonds. The number of rotatable bonds is 4. The summed E-state index contributed by atoms with van der Waals surface area (Å²) in [6.45, 7) is 0. The van der Waals surface area contributed by atoms with Crippen LogP contribution < -0.4 is 16.0 Å². The zero-order valence-corrected chi connectivity index (χ0v) is 17.2. The van der Waals surface area contributed by atoms with Crippen molar-refractivity contribution in [2.45, 2.75) is 38.1 Å². The van der Waals surface area contributed by atoms with E-state index in [9.17, 15) is 10.1 Å². The largest absolute Gasteiger partial charge is 0.396 e. The highest BCUT2D eigenvalue weighted by atomic mass is 16.2. The maximum atomic E-state index is 13.4. The van der Waals surface area contributed by atoms with E-state index < -0.39 is 0 Å². The van der Waals surface area contributed by atoms with Gasteiger partial charge in [-0.25, -0.2) is 9.78 Å². The van der Waals surface area contributed by atoms with E-state index in [2.05, 4.69) is 16.4 Å². The zero-order valence-electron chi connectivity index (χ0n) is 17.2. The molecule has 7 heteroatoms. The molecule has 0 bridgehead atoms. The summed E-state index contributed by atoms with van der Waals surface area (Å²) >= 11 is 0. The number of carbonyl (C=O) groups excluding carboxylic acids is 1. The second-order valence-electron chi connectivity index (χ2n) is 7.60. The fourth-order valence-corrected chi connectivity index (χ4v) is 4.00. The van der Waals surface area contributed by atoms with Gasteiger partial charge >= 0.3 is 6.03 Å². The predicted octanol–water partition coefficient (Wildman–Crippen LogP) is 4.97. The van der Waals surface area contributed by atoms with Gasteiger partial charge in [0.25, 0.3) is 0 Å². The molecule has 0 unspecified atom stereocenters. The molecule has 1 aliphatic rings. The summed E-state index contributed by atoms with van der Waals surface area (Å²) < 4.78 is 0. The molecule has 0 spiro atoms. The average molecular weight is 412 g/mol. The molecule has 1 fully saturated rings. The lowest BCUT2D eigenvalue weighted by Crippen LogP contribution is -2.45. The number of nitrogens with one attached hydrogen (secondary N) is 1. The van der Waals surface area contributed by atoms with Crippen LogP contribution in [0.1, 0.15) is 37.7 Å². The molecule has 0 saturated heterocycles. The standard InChI is InChI=1S/C24H24N6O/c25-15-17-7-4-5-11-20(17)22-13-12-21(26)23(29-22)30(19-9-2-1-3-10-19)24(31)28-18-8-6-14-27-16-18/h4-8,11-14,16,19H,1-3,9-10,26H2,(H,28,31). The number of carbonyl (C=O) groups is 1. The highest BCUT2D eigenvalue weighted by Gasteiger charge is 2.30. The number of pyridine rings is 2. The molecule has 1 aromatic carbocycles. The summed E-state index contributed by atoms with van der Waals surface area (Å²) in [5.74, 6) is 0.415. The van der Waals surface area contributed by atoms with E-state index in [0.29, 0.717) is 34.0 Å². The molecule has 3 N–H and O–H groups in total. The SMILES string of the molecule is N#Cc1ccccc1-c1ccc(N)c(N(C(=O)Nc2cccnc2)C2CCCCC2)n1. The van der Waals surface area contributed by atoms with Crippen LogP contribution in [0.2, 0.25) is 0 Å². The number of amides is 2. The Balaban J connectivity index is 1.75. The van der Waals surface area contributed by atoms with Crippen molar-refractivity contribution in [2.75, 3.05) is 16.0 Å². The molecule has 1 saturated carbocycles. The average Bonchev–Trinajstić information content (AvgIpc) is 2.82. The Morgan fingerprint density at radius 1 is 1.10 bits per heavy atom. The second-order valence-corrected chi connectivity index (χ2v) is 7.60. The molecule has 0 atom stereocenters. The van der Waals surface area contributed by atoms with Crippen LogP contribution in [0, 0.1) is 11.3 Å². The summed E-state index contributed by atoms with van der Waals surface area (Å²) in [5.41, 5.74) is 9.19. The fraction of sp³-hybridized carbons (Fsp3) is 0.250. The van der Waals surface area contributed by atoms with Crippen molar-refractivity contribution >= 4 is 23.2 Å². The van der Waals surface area contributed by atoms with E-state index in [1.807, 2.05) is 18.2 Å². The van der Waals surface area contributed by atoms with Gasteiger partial charge in [-0.3, -0.25) is 9.88 Å². The van der Waals surface area contributed by atoms with Crippen molar-refractivity contribution in [1.29, 1.82) is 5.26 Å². The topological polar surface area (TPSA) is 108 Å². The summed E-state index contributed by atoms with van der Waals surface area (Å²) in [7, 11) is 0. The molecule has 2 heterocycles. The maximum absolute atomic E-state index is 13.4. The number of hydrogen-bond donors (Lipinski definition) is 2. The van der Waals surface area contributed by atoms with Gasteiger partial charge in [-0.05, 0) is 43.2 Å². The van der Waals surface area contributed by atoms with E-state index in [-0.39, 0.29) is 12.1 Å². The van der Waals surface area contributed by atoms with Gasteiger partial charge in [0, 0.05) is 17.8 Å². The molecular formula is C24H24N6O. The fourth-order valence-electron chi connectivity index (χ4n) is 4.00. The molecule has 1 aliphatic carbocycles. The Bertz CT molecular complexity index is 1100. The first-order valence-corrected chi connectivity index (χ1v) is 10.4. The molecule has 3 aromatic rings. The van der Waals surface area contributed by atoms with Crippen LogP contribution in [-0.2, 0) is 0 Å². The van der Waals surface area contributed by atoms with Gasteiger partial charge in [0.2, 0.25) is 0 Å². The first-order valence-electron chi connectivity index (χ1n) is 10.4. The molecule has 7 nitrogen and oxygen atoms in total. The van der Waals surface area contributed by atoms with Crippen molar-refractivity contribution in [3.05, 3.63) is 66.5 Å². The third-order valence-electron chi connectivity index (χ3n) is 5.53. The first kappa shape index (κ1) is 20.4. The maximum Gasteiger partial charge on any atom is 0.327 e. The van der Waals surface area contributed by atoms with Crippen LogP contribution in [-0.4, -0.2) is 22.0 Å². The number of benzene rings is 1. The molecule has 4 rings (SSSR count). The van der Waals surface area contributed by atoms with E-state index in [0.717, 1.165) is 32.1 Å². The second kappa shape index (κ2) is 9.26. The first-order chi connectivity index (χ1) is 15.2. The summed E-state index contributed by atoms with van der Waals surface area (Å²) in [6, 6.07) is 16.3. The van der Waals surface area contributed by atoms with E-state index in [4.69, 9.17) is 10.7 Å². The minimum atomic E-state index is -0.287. The Hall–Kier alpha value is -3.92. The summed E-state index contributed by atoms with van der Waals surface area (Å²) in [4.78, 5) is 23.9. The third kappa shape index (κ3) is 4.48. The number of nitrogen functional groups attached to an aromatic ring is 1. The predicted molar refractivity (Wildman–Crippen MR) is 121 cm³/mol. The molecule has 0 radical (unpaired) electrons. The van der Waals surface area contributed by atoms with Crippen molar-refractivity contribution < 1.29 is 4.79 Å². The number of hydrogen-bond acceptors (Lipinski definition) is 5. The molecular weight excluding hydrogens is 388 g/mol. The van der Waals surface area contributed by atoms with E-state index in [1.165, 1.54) is 0 Å². The molecule has 156 valence electrons. The molecule has 2 aromatic heterocycles. The molecule has 0 aliphatic heterocycles. The Morgan fingerprint density at radius 2 is 1.90 bits per heavy atom. The van der Waals surface area contributed by atoms with Crippen LogP contribution in [0.25, 0.3) is 11.3 Å². The van der Waals surface area contributed by atoms with Crippen LogP contribution in [0.3, 0.4) is 0 Å². The van der Waals surface area contributed by atoms with Crippen molar-refractivity contribution in [3.63, 3.8) is 0 Å². The highest BCUT2D eigenvalue weighted by Crippen LogP contribution is 2.33. The monoisotopic (exact) mass is 412 g/mol. The Labute approximate surface area is 181 Å². The van der Waals surface area contributed by atoms with Crippen molar-refractivity contribution in [1.82, 2.24) is 9.97 Å².